The summed E-state index contributed by atoms with van der Waals surface area (Å²) < 4.78 is 11.1. The molecule has 0 bridgehead atoms. The third-order valence-electron chi connectivity index (χ3n) is 15.2. The number of carboxylic acids is 1. The van der Waals surface area contributed by atoms with Gasteiger partial charge in [0.25, 0.3) is 11.8 Å². The fourth-order valence-electron chi connectivity index (χ4n) is 11.1. The molecular weight excluding hydrogens is 979 g/mol. The number of hydrogen-bond acceptors (Lipinski definition) is 12. The van der Waals surface area contributed by atoms with Crippen LogP contribution in [0.2, 0.25) is 0 Å². The minimum atomic E-state index is -1.49. The van der Waals surface area contributed by atoms with Gasteiger partial charge in [0.2, 0.25) is 11.8 Å². The molecule has 0 radical (unpaired) electrons. The summed E-state index contributed by atoms with van der Waals surface area (Å²) in [5, 5.41) is 17.1. The number of benzene rings is 5. The van der Waals surface area contributed by atoms with Crippen molar-refractivity contribution in [3.05, 3.63) is 167 Å². The first-order valence-corrected chi connectivity index (χ1v) is 26.3. The summed E-state index contributed by atoms with van der Waals surface area (Å²) in [6, 6.07) is 40.9. The van der Waals surface area contributed by atoms with Gasteiger partial charge in [-0.25, -0.2) is 0 Å². The van der Waals surface area contributed by atoms with Gasteiger partial charge in [-0.3, -0.25) is 43.3 Å². The van der Waals surface area contributed by atoms with Crippen LogP contribution in [-0.2, 0) is 38.2 Å². The van der Waals surface area contributed by atoms with Gasteiger partial charge >= 0.3 is 23.9 Å². The van der Waals surface area contributed by atoms with Crippen LogP contribution in [0.4, 0.5) is 11.4 Å². The molecule has 4 amide bonds. The minimum absolute atomic E-state index is 0.0652. The molecule has 9 atom stereocenters. The van der Waals surface area contributed by atoms with Gasteiger partial charge < -0.3 is 35.0 Å². The molecule has 2 heterocycles. The fourth-order valence-corrected chi connectivity index (χ4v) is 11.1. The monoisotopic (exact) mass is 1050 g/mol. The molecule has 9 unspecified atom stereocenters. The summed E-state index contributed by atoms with van der Waals surface area (Å²) >= 11 is 0. The Hall–Kier alpha value is -8.14. The van der Waals surface area contributed by atoms with E-state index in [4.69, 9.17) is 9.47 Å². The van der Waals surface area contributed by atoms with Gasteiger partial charge in [0.05, 0.1) is 42.1 Å². The Balaban J connectivity index is 1.23. The molecule has 5 aromatic carbocycles. The number of ether oxygens (including phenoxy) is 2. The van der Waals surface area contributed by atoms with Gasteiger partial charge in [-0.2, -0.15) is 0 Å². The number of hydrogen-bond donors (Lipinski definition) is 3. The number of nitrogens with zero attached hydrogens (tertiary/aromatic N) is 3. The van der Waals surface area contributed by atoms with E-state index >= 15 is 9.59 Å². The van der Waals surface area contributed by atoms with E-state index < -0.39 is 89.0 Å². The predicted octanol–water partition coefficient (Wildman–Crippen LogP) is 7.71. The third-order valence-corrected chi connectivity index (χ3v) is 15.2. The molecule has 404 valence electrons. The van der Waals surface area contributed by atoms with Crippen molar-refractivity contribution in [3.63, 3.8) is 0 Å². The fraction of sp³-hybridized carbons (Fsp3) is 0.377. The second-order valence-electron chi connectivity index (χ2n) is 20.3. The van der Waals surface area contributed by atoms with Crippen LogP contribution in [0.3, 0.4) is 0 Å². The van der Waals surface area contributed by atoms with E-state index in [9.17, 15) is 33.9 Å². The number of cyclic esters (lactones) is 2. The minimum Gasteiger partial charge on any atom is -0.481 e. The smallest absolute Gasteiger partial charge is 0.318 e. The summed E-state index contributed by atoms with van der Waals surface area (Å²) in [6.07, 6.45) is 0.119. The summed E-state index contributed by atoms with van der Waals surface area (Å²) in [4.78, 5) is 117. The lowest BCUT2D eigenvalue weighted by atomic mass is 9.66. The lowest BCUT2D eigenvalue weighted by Gasteiger charge is -2.35. The first-order valence-electron chi connectivity index (χ1n) is 26.3. The SMILES string of the molecule is CCC(c1ccccc1)C(C(=O)OCCNC(=O)c1ccc(N(C)C)cc1)C(CC(c1ccccc1)C1C(=O)N(CCCNC(=O)c2ccc(N(C)C)cc2)C(=O)C1CC(c1ccccc1)C1C(=O)OC(=O)C1C)C(=O)O. The summed E-state index contributed by atoms with van der Waals surface area (Å²) in [5.74, 6) is -15.0. The molecule has 0 spiro atoms. The van der Waals surface area contributed by atoms with Gasteiger partial charge in [0.15, 0.2) is 0 Å². The standard InChI is InChI=1S/C61H69N5O11/c1-7-46(39-18-11-8-12-19-39)53(60(74)76-35-33-63-55(68)43-26-30-45(31-27-43)65(5)6)50(58(71)72)37-48(41-22-15-10-16-23-41)52-49(36-47(40-20-13-9-14-21-40)51-38(2)59(73)77-61(51)75)56(69)66(57(52)70)34-17-32-62-54(67)42-24-28-44(29-25-42)64(3)4/h8-16,18-31,38,46-53H,7,17,32-37H2,1-6H3,(H,62,67)(H,63,68)(H,71,72). The highest BCUT2D eigenvalue weighted by molar-refractivity contribution is 6.06. The number of imide groups is 1. The van der Waals surface area contributed by atoms with Crippen molar-refractivity contribution in [1.29, 1.82) is 0 Å². The van der Waals surface area contributed by atoms with Gasteiger partial charge in [-0.15, -0.1) is 0 Å². The van der Waals surface area contributed by atoms with Crippen LogP contribution in [0, 0.1) is 35.5 Å². The van der Waals surface area contributed by atoms with Gasteiger partial charge in [-0.05, 0) is 109 Å². The van der Waals surface area contributed by atoms with E-state index in [0.717, 1.165) is 16.3 Å². The molecule has 2 saturated heterocycles. The topological polar surface area (TPSA) is 209 Å². The lowest BCUT2D eigenvalue weighted by molar-refractivity contribution is -0.159. The maximum Gasteiger partial charge on any atom is 0.318 e. The van der Waals surface area contributed by atoms with Crippen molar-refractivity contribution >= 4 is 58.9 Å². The molecule has 16 nitrogen and oxygen atoms in total. The molecule has 77 heavy (non-hydrogen) atoms. The highest BCUT2D eigenvalue weighted by Gasteiger charge is 2.56. The molecular formula is C61H69N5O11. The van der Waals surface area contributed by atoms with Crippen LogP contribution in [-0.4, -0.2) is 112 Å². The highest BCUT2D eigenvalue weighted by atomic mass is 16.6. The van der Waals surface area contributed by atoms with Crippen LogP contribution in [0.25, 0.3) is 0 Å². The van der Waals surface area contributed by atoms with Crippen molar-refractivity contribution in [1.82, 2.24) is 15.5 Å². The molecule has 0 saturated carbocycles. The van der Waals surface area contributed by atoms with E-state index in [1.54, 1.807) is 104 Å². The largest absolute Gasteiger partial charge is 0.481 e. The summed E-state index contributed by atoms with van der Waals surface area (Å²) in [5.41, 5.74) is 4.54. The van der Waals surface area contributed by atoms with E-state index in [-0.39, 0.29) is 57.3 Å². The number of esters is 3. The quantitative estimate of drug-likeness (QED) is 0.0222. The number of carbonyl (C=O) groups is 8. The number of amides is 4. The number of aliphatic carboxylic acids is 1. The lowest BCUT2D eigenvalue weighted by Crippen LogP contribution is -2.40. The van der Waals surface area contributed by atoms with Gasteiger partial charge in [-0.1, -0.05) is 105 Å². The van der Waals surface area contributed by atoms with Crippen molar-refractivity contribution in [2.75, 3.05) is 64.2 Å². The van der Waals surface area contributed by atoms with Crippen molar-refractivity contribution in [3.8, 4) is 0 Å². The van der Waals surface area contributed by atoms with Crippen LogP contribution >= 0.6 is 0 Å². The molecule has 5 aromatic rings. The molecule has 0 aliphatic carbocycles. The molecule has 7 rings (SSSR count). The Morgan fingerprint density at radius 1 is 0.636 bits per heavy atom. The third kappa shape index (κ3) is 13.5. The Kier molecular flexibility index (Phi) is 19.2. The molecule has 16 heteroatoms. The number of anilines is 2. The average Bonchev–Trinajstić information content (AvgIpc) is 3.86. The summed E-state index contributed by atoms with van der Waals surface area (Å²) in [7, 11) is 7.56. The van der Waals surface area contributed by atoms with Gasteiger partial charge in [0.1, 0.15) is 6.61 Å². The number of carboxylic acid groups (broad SMARTS) is 1. The normalized spacial score (nSPS) is 19.1. The maximum absolute atomic E-state index is 15.4. The van der Waals surface area contributed by atoms with Gasteiger partial charge in [0, 0.05) is 63.8 Å². The van der Waals surface area contributed by atoms with Crippen molar-refractivity contribution < 1.29 is 52.9 Å². The van der Waals surface area contributed by atoms with Crippen LogP contribution in [0.1, 0.15) is 94.7 Å². The first kappa shape index (κ1) is 56.6. The maximum atomic E-state index is 15.4. The zero-order chi connectivity index (χ0) is 55.3. The van der Waals surface area contributed by atoms with Crippen molar-refractivity contribution in [2.45, 2.75) is 57.3 Å². The van der Waals surface area contributed by atoms with Crippen LogP contribution in [0.5, 0.6) is 0 Å². The Labute approximate surface area is 450 Å². The van der Waals surface area contributed by atoms with Crippen molar-refractivity contribution in [2.24, 2.45) is 35.5 Å². The number of likely N-dealkylation sites (tertiary alicyclic amines) is 1. The van der Waals surface area contributed by atoms with E-state index in [1.807, 2.05) is 87.4 Å². The number of rotatable bonds is 25. The van der Waals surface area contributed by atoms with Crippen LogP contribution < -0.4 is 20.4 Å². The molecule has 2 fully saturated rings. The highest BCUT2D eigenvalue weighted by Crippen LogP contribution is 2.50. The zero-order valence-corrected chi connectivity index (χ0v) is 44.5. The number of nitrogens with one attached hydrogen (secondary N) is 2. The second kappa shape index (κ2) is 26.1. The van der Waals surface area contributed by atoms with E-state index in [2.05, 4.69) is 10.6 Å². The Bertz CT molecular complexity index is 2860. The molecule has 0 aromatic heterocycles. The molecule has 3 N–H and O–H groups in total. The summed E-state index contributed by atoms with van der Waals surface area (Å²) in [6.45, 7) is 3.14. The Morgan fingerprint density at radius 3 is 1.60 bits per heavy atom. The van der Waals surface area contributed by atoms with E-state index in [1.165, 1.54) is 0 Å². The average molecular weight is 1050 g/mol. The zero-order valence-electron chi connectivity index (χ0n) is 44.5. The molecule has 2 aliphatic heterocycles. The Morgan fingerprint density at radius 2 is 1.13 bits per heavy atom. The second-order valence-corrected chi connectivity index (χ2v) is 20.3. The predicted molar refractivity (Wildman–Crippen MR) is 291 cm³/mol. The molecule has 2 aliphatic rings. The van der Waals surface area contributed by atoms with E-state index in [0.29, 0.717) is 34.2 Å². The van der Waals surface area contributed by atoms with Crippen LogP contribution in [0.15, 0.2) is 140 Å². The number of carbonyl (C=O) groups excluding carboxylic acids is 7. The first-order chi connectivity index (χ1) is 37.0.